The van der Waals surface area contributed by atoms with Gasteiger partial charge in [-0.2, -0.15) is 5.26 Å². The average molecular weight is 710 g/mol. The van der Waals surface area contributed by atoms with Crippen molar-refractivity contribution in [2.75, 3.05) is 7.11 Å². The molecule has 51 heavy (non-hydrogen) atoms. The third-order valence-electron chi connectivity index (χ3n) is 13.7. The molecule has 11 heteroatoms. The first-order valence-electron chi connectivity index (χ1n) is 19.8. The zero-order valence-corrected chi connectivity index (χ0v) is 30.2. The Bertz CT molecular complexity index is 1420. The Balaban J connectivity index is 0.994. The van der Waals surface area contributed by atoms with Crippen LogP contribution in [0.2, 0.25) is 0 Å². The predicted octanol–water partition coefficient (Wildman–Crippen LogP) is 5.03. The number of rotatable bonds is 3. The van der Waals surface area contributed by atoms with E-state index >= 15 is 0 Å². The Morgan fingerprint density at radius 1 is 0.784 bits per heavy atom. The Morgan fingerprint density at radius 3 is 2.39 bits per heavy atom. The minimum atomic E-state index is -0.772. The summed E-state index contributed by atoms with van der Waals surface area (Å²) in [6.07, 6.45) is 6.76. The Labute approximate surface area is 301 Å². The van der Waals surface area contributed by atoms with Gasteiger partial charge in [0.1, 0.15) is 36.3 Å². The topological polar surface area (TPSA) is 124 Å². The second-order valence-corrected chi connectivity index (χ2v) is 17.0. The molecule has 1 spiro atoms. The smallest absolute Gasteiger partial charge is 0.172 e. The fourth-order valence-electron chi connectivity index (χ4n) is 11.2. The summed E-state index contributed by atoms with van der Waals surface area (Å²) in [6.45, 7) is 11.1. The Morgan fingerprint density at radius 2 is 1.55 bits per heavy atom. The van der Waals surface area contributed by atoms with Crippen LogP contribution in [0.4, 0.5) is 0 Å². The highest BCUT2D eigenvalue weighted by molar-refractivity contribution is 5.79. The second kappa shape index (κ2) is 13.8. The van der Waals surface area contributed by atoms with Gasteiger partial charge in [0, 0.05) is 51.6 Å². The van der Waals surface area contributed by atoms with Crippen LogP contribution in [0.3, 0.4) is 0 Å². The molecule has 0 aromatic heterocycles. The number of carbonyl (C=O) groups is 1. The minimum absolute atomic E-state index is 0.00543. The average Bonchev–Trinajstić information content (AvgIpc) is 3.79. The van der Waals surface area contributed by atoms with Crippen molar-refractivity contribution in [1.82, 2.24) is 0 Å². The van der Waals surface area contributed by atoms with Gasteiger partial charge in [-0.25, -0.2) is 0 Å². The molecule has 0 aliphatic carbocycles. The molecule has 0 amide bonds. The summed E-state index contributed by atoms with van der Waals surface area (Å²) in [5, 5.41) is 9.39. The van der Waals surface area contributed by atoms with Crippen LogP contribution in [0, 0.1) is 23.2 Å². The van der Waals surface area contributed by atoms with Gasteiger partial charge in [-0.1, -0.05) is 20.1 Å². The zero-order chi connectivity index (χ0) is 35.0. The maximum absolute atomic E-state index is 14.0. The van der Waals surface area contributed by atoms with Crippen molar-refractivity contribution in [3.05, 3.63) is 24.3 Å². The number of hydrogen-bond donors (Lipinski definition) is 0. The standard InChI is InChI=1S/C40H55NO10/c1-20-14-24-7-9-28-21(2)15-26(44-28)11-12-40-19-33-36(50-40)37-38(49-33)39(51-40)35-30(48-37)10-8-25(46-35)16-23(42)17-27-32(18-31(45-24)22(20)3)47-29(6-5-13-41)34(27)43-4/h20,24-39H,2-3,5-12,14-19H2,1,4H3/t20?,24?,25?,26?,27?,28?,29-,30?,31-,32+,33-,34-,35+,36?,37+,38-,39?,40+/m1/s1. The van der Waals surface area contributed by atoms with E-state index in [-0.39, 0.29) is 103 Å². The molecule has 9 unspecified atom stereocenters. The molecule has 10 aliphatic heterocycles. The van der Waals surface area contributed by atoms with E-state index in [2.05, 4.69) is 26.2 Å². The molecule has 18 atom stereocenters. The van der Waals surface area contributed by atoms with Crippen molar-refractivity contribution in [2.24, 2.45) is 11.8 Å². The summed E-state index contributed by atoms with van der Waals surface area (Å²) in [7, 11) is 1.68. The van der Waals surface area contributed by atoms with Gasteiger partial charge >= 0.3 is 0 Å². The molecule has 0 aromatic carbocycles. The highest BCUT2D eigenvalue weighted by Crippen LogP contribution is 2.54. The molecular formula is C40H55NO10. The van der Waals surface area contributed by atoms with Crippen molar-refractivity contribution in [1.29, 1.82) is 5.26 Å². The molecular weight excluding hydrogens is 654 g/mol. The lowest BCUT2D eigenvalue weighted by Gasteiger charge is -2.47. The summed E-state index contributed by atoms with van der Waals surface area (Å²) in [5.41, 5.74) is 2.22. The van der Waals surface area contributed by atoms with Crippen molar-refractivity contribution in [2.45, 2.75) is 194 Å². The number of fused-ring (bicyclic) bond motifs is 6. The molecule has 10 rings (SSSR count). The number of nitrogens with zero attached hydrogens (tertiary/aromatic N) is 1. The van der Waals surface area contributed by atoms with Crippen LogP contribution >= 0.6 is 0 Å². The number of nitriles is 1. The SMILES string of the molecule is C=C1CC2CC[C@@]34C[C@H]5O[C@H]6C(O3)[C@H]3OC(CCC3O[C@H]6C5O4)CC(=O)CC3[C@H](C[C@H]4OC(CCC1O2)CC(C)C4=C)O[C@H](CCC#N)[C@@H]3OC. The molecule has 10 aliphatic rings. The number of ether oxygens (including phenoxy) is 9. The quantitative estimate of drug-likeness (QED) is 0.367. The molecule has 0 aromatic rings. The van der Waals surface area contributed by atoms with E-state index in [4.69, 9.17) is 42.6 Å². The van der Waals surface area contributed by atoms with Crippen LogP contribution in [0.5, 0.6) is 0 Å². The first-order chi connectivity index (χ1) is 24.7. The van der Waals surface area contributed by atoms with Gasteiger partial charge in [-0.3, -0.25) is 4.79 Å². The van der Waals surface area contributed by atoms with Gasteiger partial charge < -0.3 is 42.6 Å². The molecule has 280 valence electrons. The van der Waals surface area contributed by atoms with Crippen LogP contribution in [-0.4, -0.2) is 110 Å². The first-order valence-corrected chi connectivity index (χ1v) is 19.8. The third kappa shape index (κ3) is 6.38. The van der Waals surface area contributed by atoms with E-state index in [1.807, 2.05) is 0 Å². The Hall–Kier alpha value is -1.72. The number of hydrogen-bond acceptors (Lipinski definition) is 11. The van der Waals surface area contributed by atoms with E-state index in [0.717, 1.165) is 56.1 Å². The van der Waals surface area contributed by atoms with Gasteiger partial charge in [0.15, 0.2) is 5.79 Å². The van der Waals surface area contributed by atoms with Crippen LogP contribution in [-0.2, 0) is 47.4 Å². The Kier molecular flexibility index (Phi) is 9.51. The molecule has 0 radical (unpaired) electrons. The van der Waals surface area contributed by atoms with Crippen molar-refractivity contribution < 1.29 is 47.4 Å². The second-order valence-electron chi connectivity index (χ2n) is 17.0. The van der Waals surface area contributed by atoms with Crippen LogP contribution in [0.1, 0.15) is 96.8 Å². The fraction of sp³-hybridized carbons (Fsp3) is 0.850. The van der Waals surface area contributed by atoms with Crippen molar-refractivity contribution in [3.63, 3.8) is 0 Å². The summed E-state index contributed by atoms with van der Waals surface area (Å²) >= 11 is 0. The van der Waals surface area contributed by atoms with Gasteiger partial charge in [0.05, 0.1) is 67.1 Å². The third-order valence-corrected chi connectivity index (χ3v) is 13.7. The highest BCUT2D eigenvalue weighted by atomic mass is 16.8. The molecule has 12 bridgehead atoms. The predicted molar refractivity (Wildman–Crippen MR) is 181 cm³/mol. The first kappa shape index (κ1) is 35.0. The molecule has 10 saturated heterocycles. The van der Waals surface area contributed by atoms with E-state index in [1.54, 1.807) is 7.11 Å². The molecule has 10 heterocycles. The minimum Gasteiger partial charge on any atom is -0.378 e. The molecule has 11 nitrogen and oxygen atoms in total. The van der Waals surface area contributed by atoms with E-state index < -0.39 is 5.79 Å². The maximum atomic E-state index is 14.0. The monoisotopic (exact) mass is 709 g/mol. The van der Waals surface area contributed by atoms with E-state index in [0.29, 0.717) is 50.9 Å². The molecule has 0 N–H and O–H groups in total. The number of ketones is 1. The normalized spacial score (nSPS) is 52.3. The van der Waals surface area contributed by atoms with Gasteiger partial charge in [-0.15, -0.1) is 0 Å². The number of carbonyl (C=O) groups excluding carboxylic acids is 1. The summed E-state index contributed by atoms with van der Waals surface area (Å²) in [4.78, 5) is 14.0. The van der Waals surface area contributed by atoms with E-state index in [9.17, 15) is 10.1 Å². The summed E-state index contributed by atoms with van der Waals surface area (Å²) in [5.74, 6) is -0.515. The number of Topliss-reactive ketones (excluding diaryl/α,β-unsaturated/α-hetero) is 1. The van der Waals surface area contributed by atoms with Crippen LogP contribution in [0.15, 0.2) is 24.3 Å². The largest absolute Gasteiger partial charge is 0.378 e. The summed E-state index contributed by atoms with van der Waals surface area (Å²) < 4.78 is 60.0. The van der Waals surface area contributed by atoms with Gasteiger partial charge in [-0.05, 0) is 68.4 Å². The number of methoxy groups -OCH3 is 1. The maximum Gasteiger partial charge on any atom is 0.172 e. The lowest BCUT2D eigenvalue weighted by molar-refractivity contribution is -0.292. The molecule has 10 fully saturated rings. The van der Waals surface area contributed by atoms with E-state index in [1.165, 1.54) is 0 Å². The van der Waals surface area contributed by atoms with Gasteiger partial charge in [0.2, 0.25) is 0 Å². The lowest BCUT2D eigenvalue weighted by Crippen LogP contribution is -2.61. The van der Waals surface area contributed by atoms with Crippen molar-refractivity contribution >= 4 is 5.78 Å². The zero-order valence-electron chi connectivity index (χ0n) is 30.2. The van der Waals surface area contributed by atoms with Gasteiger partial charge in [0.25, 0.3) is 0 Å². The fourth-order valence-corrected chi connectivity index (χ4v) is 11.2. The van der Waals surface area contributed by atoms with Crippen LogP contribution < -0.4 is 0 Å². The van der Waals surface area contributed by atoms with Crippen molar-refractivity contribution in [3.8, 4) is 6.07 Å². The highest BCUT2D eigenvalue weighted by Gasteiger charge is 2.68. The summed E-state index contributed by atoms with van der Waals surface area (Å²) in [6, 6.07) is 2.26. The molecule has 0 saturated carbocycles. The lowest BCUT2D eigenvalue weighted by atomic mass is 9.81. The van der Waals surface area contributed by atoms with Crippen LogP contribution in [0.25, 0.3) is 0 Å².